The fraction of sp³-hybridized carbons (Fsp3) is 0.368. The Balaban J connectivity index is 1.76. The predicted molar refractivity (Wildman–Crippen MR) is 86.6 cm³/mol. The van der Waals surface area contributed by atoms with Gasteiger partial charge < -0.3 is 9.84 Å². The Labute approximate surface area is 127 Å². The predicted octanol–water partition coefficient (Wildman–Crippen LogP) is 4.53. The lowest BCUT2D eigenvalue weighted by Crippen LogP contribution is -2.03. The van der Waals surface area contributed by atoms with Gasteiger partial charge >= 0.3 is 0 Å². The first kappa shape index (κ1) is 15.6. The van der Waals surface area contributed by atoms with Crippen molar-refractivity contribution in [1.82, 2.24) is 0 Å². The van der Waals surface area contributed by atoms with E-state index in [1.54, 1.807) is 0 Å². The summed E-state index contributed by atoms with van der Waals surface area (Å²) in [5.74, 6) is 0.812. The highest BCUT2D eigenvalue weighted by molar-refractivity contribution is 5.34. The summed E-state index contributed by atoms with van der Waals surface area (Å²) in [7, 11) is 0. The maximum absolute atomic E-state index is 9.98. The Morgan fingerprint density at radius 3 is 2.43 bits per heavy atom. The Hall–Kier alpha value is -1.80. The van der Waals surface area contributed by atoms with E-state index < -0.39 is 6.10 Å². The zero-order valence-corrected chi connectivity index (χ0v) is 12.7. The molecule has 2 aromatic rings. The lowest BCUT2D eigenvalue weighted by molar-refractivity contribution is 0.167. The minimum Gasteiger partial charge on any atom is -0.493 e. The number of rotatable bonds is 8. The summed E-state index contributed by atoms with van der Waals surface area (Å²) in [6.45, 7) is 2.67. The quantitative estimate of drug-likeness (QED) is 0.722. The maximum atomic E-state index is 9.98. The van der Waals surface area contributed by atoms with Crippen LogP contribution < -0.4 is 4.74 Å². The van der Waals surface area contributed by atoms with Gasteiger partial charge in [0.2, 0.25) is 0 Å². The summed E-state index contributed by atoms with van der Waals surface area (Å²) < 4.78 is 5.84. The van der Waals surface area contributed by atoms with Crippen molar-refractivity contribution in [3.05, 3.63) is 65.7 Å². The van der Waals surface area contributed by atoms with Gasteiger partial charge in [0.15, 0.2) is 0 Å². The van der Waals surface area contributed by atoms with E-state index in [2.05, 4.69) is 24.3 Å². The lowest BCUT2D eigenvalue weighted by atomic mass is 10.1. The molecule has 0 radical (unpaired) electrons. The lowest BCUT2D eigenvalue weighted by Gasteiger charge is -2.14. The fourth-order valence-corrected chi connectivity index (χ4v) is 2.37. The van der Waals surface area contributed by atoms with Crippen LogP contribution in [0.3, 0.4) is 0 Å². The molecule has 0 heterocycles. The molecule has 0 aliphatic rings. The maximum Gasteiger partial charge on any atom is 0.125 e. The molecule has 1 atom stereocenters. The van der Waals surface area contributed by atoms with E-state index >= 15 is 0 Å². The van der Waals surface area contributed by atoms with E-state index in [1.807, 2.05) is 37.3 Å². The molecule has 0 fully saturated rings. The molecule has 0 amide bonds. The second-order valence-corrected chi connectivity index (χ2v) is 5.25. The first-order valence-corrected chi connectivity index (χ1v) is 7.75. The van der Waals surface area contributed by atoms with Crippen molar-refractivity contribution in [2.24, 2.45) is 0 Å². The van der Waals surface area contributed by atoms with E-state index in [0.717, 1.165) is 30.6 Å². The highest BCUT2D eigenvalue weighted by Crippen LogP contribution is 2.27. The first-order chi connectivity index (χ1) is 10.3. The number of hydrogen-bond acceptors (Lipinski definition) is 2. The Bertz CT molecular complexity index is 522. The molecule has 0 aromatic heterocycles. The third kappa shape index (κ3) is 4.91. The van der Waals surface area contributed by atoms with Gasteiger partial charge in [-0.05, 0) is 37.3 Å². The monoisotopic (exact) mass is 284 g/mol. The molecule has 0 bridgehead atoms. The van der Waals surface area contributed by atoms with Crippen LogP contribution in [0.25, 0.3) is 0 Å². The van der Waals surface area contributed by atoms with Crippen LogP contribution >= 0.6 is 0 Å². The van der Waals surface area contributed by atoms with Crippen molar-refractivity contribution in [3.8, 4) is 5.75 Å². The molecular weight excluding hydrogens is 260 g/mol. The van der Waals surface area contributed by atoms with Gasteiger partial charge in [0.1, 0.15) is 5.75 Å². The second-order valence-electron chi connectivity index (χ2n) is 5.25. The Morgan fingerprint density at radius 2 is 1.67 bits per heavy atom. The van der Waals surface area contributed by atoms with Crippen LogP contribution in [0.4, 0.5) is 0 Å². The highest BCUT2D eigenvalue weighted by Gasteiger charge is 2.10. The molecular formula is C19H24O2. The van der Waals surface area contributed by atoms with E-state index in [9.17, 15) is 5.11 Å². The molecule has 1 N–H and O–H groups in total. The third-order valence-corrected chi connectivity index (χ3v) is 3.62. The summed E-state index contributed by atoms with van der Waals surface area (Å²) in [6.07, 6.45) is 3.48. The van der Waals surface area contributed by atoms with Crippen LogP contribution in [0.5, 0.6) is 5.75 Å². The topological polar surface area (TPSA) is 29.5 Å². The normalized spacial score (nSPS) is 12.1. The van der Waals surface area contributed by atoms with Crippen LogP contribution in [0.2, 0.25) is 0 Å². The van der Waals surface area contributed by atoms with E-state index in [1.165, 1.54) is 5.56 Å². The molecule has 2 heteroatoms. The molecule has 2 nitrogen and oxygen atoms in total. The smallest absolute Gasteiger partial charge is 0.125 e. The summed E-state index contributed by atoms with van der Waals surface area (Å²) in [5, 5.41) is 9.98. The molecule has 21 heavy (non-hydrogen) atoms. The number of hydrogen-bond donors (Lipinski definition) is 1. The third-order valence-electron chi connectivity index (χ3n) is 3.62. The van der Waals surface area contributed by atoms with Gasteiger partial charge in [0.25, 0.3) is 0 Å². The number of ether oxygens (including phenoxy) is 1. The molecule has 0 spiro atoms. The van der Waals surface area contributed by atoms with Crippen LogP contribution in [-0.2, 0) is 6.42 Å². The van der Waals surface area contributed by atoms with Crippen LogP contribution in [0, 0.1) is 0 Å². The van der Waals surface area contributed by atoms with Crippen LogP contribution in [0.1, 0.15) is 43.4 Å². The highest BCUT2D eigenvalue weighted by atomic mass is 16.5. The van der Waals surface area contributed by atoms with E-state index in [4.69, 9.17) is 4.74 Å². The van der Waals surface area contributed by atoms with E-state index in [-0.39, 0.29) is 0 Å². The summed E-state index contributed by atoms with van der Waals surface area (Å²) in [6, 6.07) is 18.3. The number of benzene rings is 2. The van der Waals surface area contributed by atoms with Crippen molar-refractivity contribution >= 4 is 0 Å². The fourth-order valence-electron chi connectivity index (χ4n) is 2.37. The van der Waals surface area contributed by atoms with Crippen molar-refractivity contribution in [2.45, 2.75) is 38.7 Å². The minimum atomic E-state index is -0.439. The van der Waals surface area contributed by atoms with Gasteiger partial charge in [-0.3, -0.25) is 0 Å². The summed E-state index contributed by atoms with van der Waals surface area (Å²) in [4.78, 5) is 0. The molecule has 2 rings (SSSR count). The van der Waals surface area contributed by atoms with Gasteiger partial charge in [0, 0.05) is 5.56 Å². The van der Waals surface area contributed by atoms with Gasteiger partial charge in [-0.2, -0.15) is 0 Å². The Kier molecular flexibility index (Phi) is 6.29. The van der Waals surface area contributed by atoms with Crippen molar-refractivity contribution in [2.75, 3.05) is 6.61 Å². The standard InChI is InChI=1S/C19H24O2/c1-2-18(20)17-13-6-7-14-19(17)21-15-9-8-12-16-10-4-3-5-11-16/h3-7,10-11,13-14,18,20H,2,8-9,12,15H2,1H3. The largest absolute Gasteiger partial charge is 0.493 e. The number of aliphatic hydroxyl groups excluding tert-OH is 1. The number of aryl methyl sites for hydroxylation is 1. The zero-order chi connectivity index (χ0) is 14.9. The van der Waals surface area contributed by atoms with Crippen LogP contribution in [0.15, 0.2) is 54.6 Å². The second kappa shape index (κ2) is 8.48. The molecule has 0 aliphatic carbocycles. The number of aliphatic hydroxyl groups is 1. The number of unbranched alkanes of at least 4 members (excludes halogenated alkanes) is 1. The van der Waals surface area contributed by atoms with Crippen molar-refractivity contribution in [1.29, 1.82) is 0 Å². The van der Waals surface area contributed by atoms with Crippen molar-refractivity contribution < 1.29 is 9.84 Å². The molecule has 2 aromatic carbocycles. The van der Waals surface area contributed by atoms with Crippen molar-refractivity contribution in [3.63, 3.8) is 0 Å². The first-order valence-electron chi connectivity index (χ1n) is 7.75. The number of para-hydroxylation sites is 1. The molecule has 0 saturated carbocycles. The summed E-state index contributed by atoms with van der Waals surface area (Å²) in [5.41, 5.74) is 2.27. The van der Waals surface area contributed by atoms with Gasteiger partial charge in [0.05, 0.1) is 12.7 Å². The molecule has 0 saturated heterocycles. The van der Waals surface area contributed by atoms with Gasteiger partial charge in [-0.15, -0.1) is 0 Å². The van der Waals surface area contributed by atoms with Crippen LogP contribution in [-0.4, -0.2) is 11.7 Å². The molecule has 1 unspecified atom stereocenters. The van der Waals surface area contributed by atoms with Gasteiger partial charge in [-0.25, -0.2) is 0 Å². The minimum absolute atomic E-state index is 0.439. The average Bonchev–Trinajstić information content (AvgIpc) is 2.55. The average molecular weight is 284 g/mol. The SMILES string of the molecule is CCC(O)c1ccccc1OCCCCc1ccccc1. The zero-order valence-electron chi connectivity index (χ0n) is 12.7. The molecule has 112 valence electrons. The Morgan fingerprint density at radius 1 is 0.952 bits per heavy atom. The van der Waals surface area contributed by atoms with Gasteiger partial charge in [-0.1, -0.05) is 55.5 Å². The summed E-state index contributed by atoms with van der Waals surface area (Å²) >= 11 is 0. The van der Waals surface area contributed by atoms with E-state index in [0.29, 0.717) is 13.0 Å². The molecule has 0 aliphatic heterocycles.